The zero-order valence-corrected chi connectivity index (χ0v) is 14.4. The van der Waals surface area contributed by atoms with Gasteiger partial charge < -0.3 is 10.1 Å². The Bertz CT molecular complexity index is 653. The summed E-state index contributed by atoms with van der Waals surface area (Å²) in [4.78, 5) is 22.7. The van der Waals surface area contributed by atoms with E-state index in [1.807, 2.05) is 13.8 Å². The van der Waals surface area contributed by atoms with E-state index in [2.05, 4.69) is 14.8 Å². The molecule has 128 valence electrons. The molecule has 1 rings (SSSR count). The Morgan fingerprint density at radius 2 is 1.74 bits per heavy atom. The number of rotatable bonds is 7. The Hall–Kier alpha value is -1.93. The fourth-order valence-electron chi connectivity index (χ4n) is 1.98. The molecule has 0 saturated carbocycles. The maximum absolute atomic E-state index is 12.4. The number of carbonyl (C=O) groups excluding carboxylic acids is 2. The third-order valence-corrected chi connectivity index (χ3v) is 4.46. The van der Waals surface area contributed by atoms with Crippen LogP contribution in [-0.2, 0) is 24.3 Å². The predicted octanol–water partition coefficient (Wildman–Crippen LogP) is 1.51. The highest BCUT2D eigenvalue weighted by atomic mass is 32.2. The second-order valence-corrected chi connectivity index (χ2v) is 7.25. The molecular formula is C15H22N2O5S. The molecule has 1 aromatic carbocycles. The predicted molar refractivity (Wildman–Crippen MR) is 86.3 cm³/mol. The summed E-state index contributed by atoms with van der Waals surface area (Å²) in [6, 6.07) is 4.73. The summed E-state index contributed by atoms with van der Waals surface area (Å²) in [5, 5.41) is 2.55. The number of methoxy groups -OCH3 is 1. The van der Waals surface area contributed by atoms with Crippen LogP contribution in [0.1, 0.15) is 27.2 Å². The van der Waals surface area contributed by atoms with Gasteiger partial charge in [-0.3, -0.25) is 9.59 Å². The van der Waals surface area contributed by atoms with Gasteiger partial charge in [0.05, 0.1) is 12.0 Å². The first-order valence-electron chi connectivity index (χ1n) is 7.13. The number of hydrogen-bond acceptors (Lipinski definition) is 5. The zero-order chi connectivity index (χ0) is 17.6. The summed E-state index contributed by atoms with van der Waals surface area (Å²) >= 11 is 0. The molecular weight excluding hydrogens is 320 g/mol. The molecule has 1 atom stereocenters. The van der Waals surface area contributed by atoms with Crippen LogP contribution in [0, 0.1) is 5.92 Å². The number of carbonyl (C=O) groups is 2. The maximum atomic E-state index is 12.4. The van der Waals surface area contributed by atoms with Crippen LogP contribution < -0.4 is 10.0 Å². The molecule has 0 aliphatic carbocycles. The molecule has 0 heterocycles. The smallest absolute Gasteiger partial charge is 0.323 e. The maximum Gasteiger partial charge on any atom is 0.323 e. The van der Waals surface area contributed by atoms with E-state index < -0.39 is 22.0 Å². The molecule has 0 fully saturated rings. The number of ether oxygens (including phenoxy) is 1. The summed E-state index contributed by atoms with van der Waals surface area (Å²) < 4.78 is 31.8. The molecule has 0 aromatic heterocycles. The van der Waals surface area contributed by atoms with Gasteiger partial charge in [0.25, 0.3) is 0 Å². The SMILES string of the molecule is COC(=O)C(CC(C)C)NS(=O)(=O)c1ccc(NC(C)=O)cc1. The molecule has 0 bridgehead atoms. The highest BCUT2D eigenvalue weighted by molar-refractivity contribution is 7.89. The van der Waals surface area contributed by atoms with E-state index in [-0.39, 0.29) is 16.7 Å². The van der Waals surface area contributed by atoms with Crippen LogP contribution in [0.5, 0.6) is 0 Å². The number of amides is 1. The monoisotopic (exact) mass is 342 g/mol. The van der Waals surface area contributed by atoms with Gasteiger partial charge in [0, 0.05) is 12.6 Å². The molecule has 8 heteroatoms. The van der Waals surface area contributed by atoms with Gasteiger partial charge in [0.1, 0.15) is 6.04 Å². The van der Waals surface area contributed by atoms with E-state index in [1.54, 1.807) is 0 Å². The van der Waals surface area contributed by atoms with Crippen LogP contribution in [0.2, 0.25) is 0 Å². The Balaban J connectivity index is 2.95. The van der Waals surface area contributed by atoms with Gasteiger partial charge in [0.2, 0.25) is 15.9 Å². The molecule has 2 N–H and O–H groups in total. The third kappa shape index (κ3) is 5.99. The van der Waals surface area contributed by atoms with Gasteiger partial charge in [-0.15, -0.1) is 0 Å². The van der Waals surface area contributed by atoms with Crippen molar-refractivity contribution in [1.82, 2.24) is 4.72 Å². The number of benzene rings is 1. The highest BCUT2D eigenvalue weighted by Crippen LogP contribution is 2.16. The molecule has 1 aromatic rings. The number of hydrogen-bond donors (Lipinski definition) is 2. The Morgan fingerprint density at radius 1 is 1.17 bits per heavy atom. The normalized spacial score (nSPS) is 12.7. The van der Waals surface area contributed by atoms with Crippen molar-refractivity contribution in [3.05, 3.63) is 24.3 Å². The van der Waals surface area contributed by atoms with Gasteiger partial charge in [-0.2, -0.15) is 4.72 Å². The minimum Gasteiger partial charge on any atom is -0.468 e. The quantitative estimate of drug-likeness (QED) is 0.731. The minimum absolute atomic E-state index is 0.00395. The molecule has 0 aliphatic rings. The molecule has 0 radical (unpaired) electrons. The first-order chi connectivity index (χ1) is 10.7. The lowest BCUT2D eigenvalue weighted by Crippen LogP contribution is -2.42. The van der Waals surface area contributed by atoms with Gasteiger partial charge in [-0.05, 0) is 36.6 Å². The lowest BCUT2D eigenvalue weighted by Gasteiger charge is -2.18. The van der Waals surface area contributed by atoms with E-state index in [0.717, 1.165) is 0 Å². The fraction of sp³-hybridized carbons (Fsp3) is 0.467. The second kappa shape index (κ2) is 8.07. The molecule has 0 spiro atoms. The van der Waals surface area contributed by atoms with Crippen LogP contribution in [0.15, 0.2) is 29.2 Å². The van der Waals surface area contributed by atoms with Crippen LogP contribution in [-0.4, -0.2) is 33.4 Å². The lowest BCUT2D eigenvalue weighted by atomic mass is 10.1. The first kappa shape index (κ1) is 19.1. The molecule has 0 aliphatic heterocycles. The average Bonchev–Trinajstić information content (AvgIpc) is 2.45. The minimum atomic E-state index is -3.87. The van der Waals surface area contributed by atoms with Crippen LogP contribution >= 0.6 is 0 Å². The first-order valence-corrected chi connectivity index (χ1v) is 8.62. The number of anilines is 1. The molecule has 1 amide bonds. The molecule has 0 saturated heterocycles. The molecule has 1 unspecified atom stereocenters. The Labute approximate surface area is 136 Å². The third-order valence-electron chi connectivity index (χ3n) is 2.98. The van der Waals surface area contributed by atoms with Crippen molar-refractivity contribution in [2.24, 2.45) is 5.92 Å². The number of nitrogens with one attached hydrogen (secondary N) is 2. The summed E-state index contributed by atoms with van der Waals surface area (Å²) in [6.45, 7) is 5.12. The van der Waals surface area contributed by atoms with Crippen molar-refractivity contribution in [1.29, 1.82) is 0 Å². The van der Waals surface area contributed by atoms with Crippen molar-refractivity contribution in [3.8, 4) is 0 Å². The summed E-state index contributed by atoms with van der Waals surface area (Å²) in [5.74, 6) is -0.762. The summed E-state index contributed by atoms with van der Waals surface area (Å²) in [5.41, 5.74) is 0.489. The van der Waals surface area contributed by atoms with E-state index in [1.165, 1.54) is 38.3 Å². The van der Waals surface area contributed by atoms with E-state index in [4.69, 9.17) is 0 Å². The zero-order valence-electron chi connectivity index (χ0n) is 13.6. The van der Waals surface area contributed by atoms with E-state index in [9.17, 15) is 18.0 Å². The van der Waals surface area contributed by atoms with Crippen LogP contribution in [0.3, 0.4) is 0 Å². The average molecular weight is 342 g/mol. The van der Waals surface area contributed by atoms with Crippen LogP contribution in [0.25, 0.3) is 0 Å². The van der Waals surface area contributed by atoms with Gasteiger partial charge in [-0.25, -0.2) is 8.42 Å². The number of sulfonamides is 1. The van der Waals surface area contributed by atoms with Crippen LogP contribution in [0.4, 0.5) is 5.69 Å². The summed E-state index contributed by atoms with van der Waals surface area (Å²) in [6.07, 6.45) is 0.329. The topological polar surface area (TPSA) is 102 Å². The fourth-order valence-corrected chi connectivity index (χ4v) is 3.18. The highest BCUT2D eigenvalue weighted by Gasteiger charge is 2.27. The van der Waals surface area contributed by atoms with E-state index in [0.29, 0.717) is 12.1 Å². The van der Waals surface area contributed by atoms with Crippen molar-refractivity contribution in [3.63, 3.8) is 0 Å². The van der Waals surface area contributed by atoms with Crippen molar-refractivity contribution >= 4 is 27.6 Å². The standard InChI is InChI=1S/C15H22N2O5S/c1-10(2)9-14(15(19)22-4)17-23(20,21)13-7-5-12(6-8-13)16-11(3)18/h5-8,10,14,17H,9H2,1-4H3,(H,16,18). The Morgan fingerprint density at radius 3 is 2.17 bits per heavy atom. The summed E-state index contributed by atoms with van der Waals surface area (Å²) in [7, 11) is -2.65. The molecule has 7 nitrogen and oxygen atoms in total. The van der Waals surface area contributed by atoms with Crippen molar-refractivity contribution in [2.75, 3.05) is 12.4 Å². The van der Waals surface area contributed by atoms with Crippen molar-refractivity contribution < 1.29 is 22.7 Å². The Kier molecular flexibility index (Phi) is 6.71. The van der Waals surface area contributed by atoms with Gasteiger partial charge in [-0.1, -0.05) is 13.8 Å². The van der Waals surface area contributed by atoms with Gasteiger partial charge >= 0.3 is 5.97 Å². The lowest BCUT2D eigenvalue weighted by molar-refractivity contribution is -0.143. The second-order valence-electron chi connectivity index (χ2n) is 5.53. The number of esters is 1. The largest absolute Gasteiger partial charge is 0.468 e. The molecule has 23 heavy (non-hydrogen) atoms. The van der Waals surface area contributed by atoms with E-state index >= 15 is 0 Å². The van der Waals surface area contributed by atoms with Crippen molar-refractivity contribution in [2.45, 2.75) is 38.1 Å². The van der Waals surface area contributed by atoms with Gasteiger partial charge in [0.15, 0.2) is 0 Å².